The molecule has 3 aliphatic rings. The highest BCUT2D eigenvalue weighted by atomic mass is 31.2. The summed E-state index contributed by atoms with van der Waals surface area (Å²) in [6, 6.07) is 12.5. The van der Waals surface area contributed by atoms with Crippen molar-refractivity contribution >= 4 is 24.8 Å². The Balaban J connectivity index is 1.52. The fraction of sp³-hybridized carbons (Fsp3) is 0.367. The molecule has 0 radical (unpaired) electrons. The lowest BCUT2D eigenvalue weighted by Crippen LogP contribution is -2.27. The maximum absolute atomic E-state index is 12.1. The average molecular weight is 489 g/mol. The highest BCUT2D eigenvalue weighted by Gasteiger charge is 2.43. The van der Waals surface area contributed by atoms with Crippen molar-refractivity contribution in [3.63, 3.8) is 0 Å². The SMILES string of the molecule is CC[N+]1=C(/C=C/C2=C3Oc4cc(OP(C)(C)=O)ccc4C=C3CCC2)C(C)(C)c2cc(C)ccc21. The van der Waals surface area contributed by atoms with Gasteiger partial charge in [0.15, 0.2) is 5.71 Å². The fourth-order valence-electron chi connectivity index (χ4n) is 5.47. The molecule has 2 aromatic rings. The number of hydrogen-bond donors (Lipinski definition) is 0. The highest BCUT2D eigenvalue weighted by Crippen LogP contribution is 2.45. The van der Waals surface area contributed by atoms with Crippen molar-refractivity contribution in [1.82, 2.24) is 0 Å². The molecule has 35 heavy (non-hydrogen) atoms. The molecule has 1 aliphatic carbocycles. The van der Waals surface area contributed by atoms with Crippen LogP contribution in [0, 0.1) is 6.92 Å². The Morgan fingerprint density at radius 2 is 1.91 bits per heavy atom. The monoisotopic (exact) mass is 488 g/mol. The van der Waals surface area contributed by atoms with E-state index in [0.29, 0.717) is 5.75 Å². The van der Waals surface area contributed by atoms with Crippen molar-refractivity contribution in [3.8, 4) is 11.5 Å². The van der Waals surface area contributed by atoms with Gasteiger partial charge >= 0.3 is 0 Å². The maximum Gasteiger partial charge on any atom is 0.242 e. The summed E-state index contributed by atoms with van der Waals surface area (Å²) in [6.07, 6.45) is 9.90. The normalized spacial score (nSPS) is 18.7. The average Bonchev–Trinajstić information content (AvgIpc) is 3.00. The number of rotatable bonds is 5. The van der Waals surface area contributed by atoms with Gasteiger partial charge in [-0.15, -0.1) is 0 Å². The van der Waals surface area contributed by atoms with Gasteiger partial charge in [-0.1, -0.05) is 11.6 Å². The summed E-state index contributed by atoms with van der Waals surface area (Å²) in [5.74, 6) is 2.30. The molecular formula is C30H35NO3P+. The van der Waals surface area contributed by atoms with Gasteiger partial charge < -0.3 is 9.26 Å². The Morgan fingerprint density at radius 1 is 1.11 bits per heavy atom. The standard InChI is InChI=1S/C30H35NO3P/c1-7-31-26-15-11-20(2)17-25(26)30(3,4)28(31)16-13-21-9-8-10-23-18-22-12-14-24(34-35(5,6)32)19-27(22)33-29(21)23/h11-19H,7-10H2,1-6H3/q+1/b16-13+. The summed E-state index contributed by atoms with van der Waals surface area (Å²) in [5, 5.41) is 0. The molecule has 0 aromatic heterocycles. The van der Waals surface area contributed by atoms with E-state index in [0.717, 1.165) is 42.9 Å². The molecule has 0 saturated carbocycles. The van der Waals surface area contributed by atoms with E-state index in [-0.39, 0.29) is 5.41 Å². The number of allylic oxidation sites excluding steroid dienone is 4. The van der Waals surface area contributed by atoms with Crippen LogP contribution in [0.1, 0.15) is 56.7 Å². The van der Waals surface area contributed by atoms with E-state index in [1.807, 2.05) is 18.2 Å². The summed E-state index contributed by atoms with van der Waals surface area (Å²) < 4.78 is 26.7. The van der Waals surface area contributed by atoms with E-state index in [1.54, 1.807) is 13.3 Å². The van der Waals surface area contributed by atoms with Crippen LogP contribution in [0.5, 0.6) is 11.5 Å². The van der Waals surface area contributed by atoms with E-state index in [9.17, 15) is 4.57 Å². The van der Waals surface area contributed by atoms with Gasteiger partial charge in [-0.25, -0.2) is 0 Å². The first-order chi connectivity index (χ1) is 16.6. The molecule has 0 bridgehead atoms. The third kappa shape index (κ3) is 4.45. The number of benzene rings is 2. The molecule has 0 fully saturated rings. The van der Waals surface area contributed by atoms with Gasteiger partial charge in [0.1, 0.15) is 23.8 Å². The number of ether oxygens (including phenoxy) is 1. The number of fused-ring (bicyclic) bond motifs is 3. The molecule has 2 aromatic carbocycles. The minimum absolute atomic E-state index is 0.0626. The second kappa shape index (κ2) is 8.68. The predicted molar refractivity (Wildman–Crippen MR) is 145 cm³/mol. The van der Waals surface area contributed by atoms with Gasteiger partial charge in [-0.2, -0.15) is 4.58 Å². The second-order valence-electron chi connectivity index (χ2n) is 10.6. The third-order valence-corrected chi connectivity index (χ3v) is 7.78. The lowest BCUT2D eigenvalue weighted by molar-refractivity contribution is -0.433. The predicted octanol–water partition coefficient (Wildman–Crippen LogP) is 7.78. The number of nitrogens with zero attached hydrogens (tertiary/aromatic N) is 1. The van der Waals surface area contributed by atoms with Crippen LogP contribution >= 0.6 is 7.37 Å². The largest absolute Gasteiger partial charge is 0.456 e. The molecule has 5 rings (SSSR count). The van der Waals surface area contributed by atoms with Crippen molar-refractivity contribution in [3.05, 3.63) is 82.1 Å². The molecule has 0 saturated heterocycles. The Hall–Kier alpha value is -2.84. The molecule has 0 spiro atoms. The summed E-state index contributed by atoms with van der Waals surface area (Å²) in [5.41, 5.74) is 8.76. The zero-order chi connectivity index (χ0) is 25.0. The van der Waals surface area contributed by atoms with Gasteiger partial charge in [0.05, 0.1) is 5.41 Å². The zero-order valence-corrected chi connectivity index (χ0v) is 22.5. The van der Waals surface area contributed by atoms with Crippen LogP contribution < -0.4 is 9.26 Å². The van der Waals surface area contributed by atoms with E-state index >= 15 is 0 Å². The van der Waals surface area contributed by atoms with Crippen LogP contribution in [0.25, 0.3) is 6.08 Å². The van der Waals surface area contributed by atoms with Crippen molar-refractivity contribution in [1.29, 1.82) is 0 Å². The van der Waals surface area contributed by atoms with Crippen LogP contribution in [0.3, 0.4) is 0 Å². The molecule has 5 heteroatoms. The minimum Gasteiger partial charge on any atom is -0.456 e. The maximum atomic E-state index is 12.1. The topological polar surface area (TPSA) is 38.5 Å². The zero-order valence-electron chi connectivity index (χ0n) is 21.6. The first-order valence-corrected chi connectivity index (χ1v) is 15.0. The lowest BCUT2D eigenvalue weighted by atomic mass is 9.80. The minimum atomic E-state index is -2.64. The molecule has 0 N–H and O–H groups in total. The summed E-state index contributed by atoms with van der Waals surface area (Å²) in [6.45, 7) is 13.2. The smallest absolute Gasteiger partial charge is 0.242 e. The van der Waals surface area contributed by atoms with Gasteiger partial charge in [-0.05, 0) is 88.5 Å². The summed E-state index contributed by atoms with van der Waals surface area (Å²) >= 11 is 0. The second-order valence-corrected chi connectivity index (χ2v) is 13.3. The number of hydrogen-bond acceptors (Lipinski definition) is 3. The molecule has 0 atom stereocenters. The van der Waals surface area contributed by atoms with E-state index in [1.165, 1.54) is 33.7 Å². The first-order valence-electron chi connectivity index (χ1n) is 12.5. The Morgan fingerprint density at radius 3 is 2.66 bits per heavy atom. The third-order valence-electron chi connectivity index (χ3n) is 7.13. The molecular weight excluding hydrogens is 453 g/mol. The highest BCUT2D eigenvalue weighted by molar-refractivity contribution is 7.57. The van der Waals surface area contributed by atoms with Crippen molar-refractivity contribution < 1.29 is 18.4 Å². The molecule has 0 amide bonds. The number of aryl methyl sites for hydroxylation is 1. The molecule has 0 unspecified atom stereocenters. The van der Waals surface area contributed by atoms with E-state index < -0.39 is 7.37 Å². The van der Waals surface area contributed by atoms with Crippen molar-refractivity contribution in [2.45, 2.75) is 52.4 Å². The molecule has 182 valence electrons. The van der Waals surface area contributed by atoms with Gasteiger partial charge in [0.2, 0.25) is 13.1 Å². The van der Waals surface area contributed by atoms with Crippen molar-refractivity contribution in [2.75, 3.05) is 19.9 Å². The van der Waals surface area contributed by atoms with Gasteiger partial charge in [0, 0.05) is 42.7 Å². The first kappa shape index (κ1) is 23.9. The van der Waals surface area contributed by atoms with E-state index in [4.69, 9.17) is 9.26 Å². The van der Waals surface area contributed by atoms with Crippen LogP contribution in [0.15, 0.2) is 65.5 Å². The lowest BCUT2D eigenvalue weighted by Gasteiger charge is -2.27. The summed E-state index contributed by atoms with van der Waals surface area (Å²) in [7, 11) is -2.64. The Bertz CT molecular complexity index is 1380. The quantitative estimate of drug-likeness (QED) is 0.319. The molecule has 2 aliphatic heterocycles. The van der Waals surface area contributed by atoms with Crippen LogP contribution in [0.2, 0.25) is 0 Å². The van der Waals surface area contributed by atoms with Gasteiger partial charge in [-0.3, -0.25) is 4.57 Å². The fourth-order valence-corrected chi connectivity index (χ4v) is 6.09. The van der Waals surface area contributed by atoms with Gasteiger partial charge in [0.25, 0.3) is 0 Å². The van der Waals surface area contributed by atoms with Crippen LogP contribution in [0.4, 0.5) is 5.69 Å². The summed E-state index contributed by atoms with van der Waals surface area (Å²) in [4.78, 5) is 0. The van der Waals surface area contributed by atoms with Crippen LogP contribution in [-0.2, 0) is 9.98 Å². The molecule has 2 heterocycles. The van der Waals surface area contributed by atoms with Crippen molar-refractivity contribution in [2.24, 2.45) is 0 Å². The van der Waals surface area contributed by atoms with Crippen LogP contribution in [-0.4, -0.2) is 30.2 Å². The Kier molecular flexibility index (Phi) is 5.92. The molecule has 4 nitrogen and oxygen atoms in total. The Labute approximate surface area is 209 Å². The van der Waals surface area contributed by atoms with E-state index in [2.05, 4.69) is 68.7 Å².